The van der Waals surface area contributed by atoms with E-state index in [4.69, 9.17) is 4.74 Å². The van der Waals surface area contributed by atoms with Crippen LogP contribution in [0.25, 0.3) is 0 Å². The molecule has 1 aromatic rings. The molecule has 0 spiro atoms. The highest BCUT2D eigenvalue weighted by Gasteiger charge is 2.11. The Morgan fingerprint density at radius 2 is 2.00 bits per heavy atom. The highest BCUT2D eigenvalue weighted by atomic mass is 16.5. The lowest BCUT2D eigenvalue weighted by atomic mass is 10.1. The van der Waals surface area contributed by atoms with E-state index in [0.29, 0.717) is 5.92 Å². The molecular formula is C16H31N3O. The van der Waals surface area contributed by atoms with Crippen LogP contribution >= 0.6 is 0 Å². The predicted octanol–water partition coefficient (Wildman–Crippen LogP) is 3.14. The molecule has 1 heterocycles. The zero-order valence-electron chi connectivity index (χ0n) is 14.0. The van der Waals surface area contributed by atoms with E-state index in [0.717, 1.165) is 38.4 Å². The molecule has 4 heteroatoms. The first-order chi connectivity index (χ1) is 9.28. The molecule has 0 atom stereocenters. The summed E-state index contributed by atoms with van der Waals surface area (Å²) in [6.07, 6.45) is 3.25. The van der Waals surface area contributed by atoms with Gasteiger partial charge in [0.25, 0.3) is 0 Å². The Morgan fingerprint density at radius 1 is 1.30 bits per heavy atom. The third kappa shape index (κ3) is 7.06. The van der Waals surface area contributed by atoms with Gasteiger partial charge < -0.3 is 10.1 Å². The average molecular weight is 281 g/mol. The van der Waals surface area contributed by atoms with E-state index < -0.39 is 0 Å². The van der Waals surface area contributed by atoms with Crippen molar-refractivity contribution in [1.82, 2.24) is 15.1 Å². The Kier molecular flexibility index (Phi) is 6.69. The summed E-state index contributed by atoms with van der Waals surface area (Å²) in [7, 11) is 0. The monoisotopic (exact) mass is 281 g/mol. The average Bonchev–Trinajstić information content (AvgIpc) is 2.65. The number of hydrogen-bond acceptors (Lipinski definition) is 3. The zero-order valence-corrected chi connectivity index (χ0v) is 14.0. The van der Waals surface area contributed by atoms with Crippen LogP contribution < -0.4 is 5.32 Å². The van der Waals surface area contributed by atoms with Gasteiger partial charge in [-0.25, -0.2) is 0 Å². The summed E-state index contributed by atoms with van der Waals surface area (Å²) in [6, 6.07) is 0. The lowest BCUT2D eigenvalue weighted by molar-refractivity contribution is 0.114. The van der Waals surface area contributed by atoms with E-state index >= 15 is 0 Å². The highest BCUT2D eigenvalue weighted by molar-refractivity contribution is 5.15. The molecule has 1 N–H and O–H groups in total. The van der Waals surface area contributed by atoms with Crippen molar-refractivity contribution in [3.63, 3.8) is 0 Å². The highest BCUT2D eigenvalue weighted by Crippen LogP contribution is 2.08. The first-order valence-corrected chi connectivity index (χ1v) is 7.63. The van der Waals surface area contributed by atoms with Gasteiger partial charge in [-0.3, -0.25) is 4.68 Å². The number of nitrogens with one attached hydrogen (secondary N) is 1. The lowest BCUT2D eigenvalue weighted by Crippen LogP contribution is -2.35. The molecule has 116 valence electrons. The summed E-state index contributed by atoms with van der Waals surface area (Å²) in [5.74, 6) is 0.706. The summed E-state index contributed by atoms with van der Waals surface area (Å²) in [5, 5.41) is 8.04. The molecule has 0 aliphatic rings. The second kappa shape index (κ2) is 7.79. The smallest absolute Gasteiger partial charge is 0.0662 e. The molecule has 0 saturated carbocycles. The van der Waals surface area contributed by atoms with Crippen LogP contribution in [0.5, 0.6) is 0 Å². The van der Waals surface area contributed by atoms with Gasteiger partial charge in [-0.15, -0.1) is 0 Å². The van der Waals surface area contributed by atoms with E-state index in [1.54, 1.807) is 0 Å². The van der Waals surface area contributed by atoms with Gasteiger partial charge in [-0.2, -0.15) is 5.10 Å². The van der Waals surface area contributed by atoms with Crippen LogP contribution in [0.2, 0.25) is 0 Å². The molecule has 0 fully saturated rings. The maximum Gasteiger partial charge on any atom is 0.0662 e. The zero-order chi connectivity index (χ0) is 15.2. The van der Waals surface area contributed by atoms with Crippen LogP contribution in [0.15, 0.2) is 6.20 Å². The van der Waals surface area contributed by atoms with Crippen LogP contribution in [0.3, 0.4) is 0 Å². The topological polar surface area (TPSA) is 39.1 Å². The Hall–Kier alpha value is -0.870. The van der Waals surface area contributed by atoms with Crippen LogP contribution in [-0.4, -0.2) is 28.5 Å². The molecule has 20 heavy (non-hydrogen) atoms. The van der Waals surface area contributed by atoms with Gasteiger partial charge in [0, 0.05) is 30.5 Å². The van der Waals surface area contributed by atoms with Crippen molar-refractivity contribution in [2.45, 2.75) is 66.6 Å². The number of nitrogens with zero attached hydrogens (tertiary/aromatic N) is 2. The summed E-state index contributed by atoms with van der Waals surface area (Å²) in [5.41, 5.74) is 2.50. The summed E-state index contributed by atoms with van der Waals surface area (Å²) in [6.45, 7) is 16.3. The number of aromatic nitrogens is 2. The molecule has 0 amide bonds. The third-order valence-electron chi connectivity index (χ3n) is 3.16. The van der Waals surface area contributed by atoms with Crippen LogP contribution in [0.1, 0.15) is 52.3 Å². The molecule has 1 rings (SSSR count). The summed E-state index contributed by atoms with van der Waals surface area (Å²) < 4.78 is 7.63. The molecule has 1 aromatic heterocycles. The summed E-state index contributed by atoms with van der Waals surface area (Å²) in [4.78, 5) is 0. The van der Waals surface area contributed by atoms with E-state index in [1.807, 2.05) is 4.68 Å². The quantitative estimate of drug-likeness (QED) is 0.744. The van der Waals surface area contributed by atoms with Crippen molar-refractivity contribution in [3.8, 4) is 0 Å². The fraction of sp³-hybridized carbons (Fsp3) is 0.812. The van der Waals surface area contributed by atoms with Gasteiger partial charge in [-0.1, -0.05) is 13.8 Å². The molecular weight excluding hydrogens is 250 g/mol. The first-order valence-electron chi connectivity index (χ1n) is 7.63. The molecule has 0 aliphatic heterocycles. The third-order valence-corrected chi connectivity index (χ3v) is 3.16. The van der Waals surface area contributed by atoms with E-state index in [-0.39, 0.29) is 5.54 Å². The summed E-state index contributed by atoms with van der Waals surface area (Å²) >= 11 is 0. The maximum absolute atomic E-state index is 5.64. The maximum atomic E-state index is 5.64. The van der Waals surface area contributed by atoms with E-state index in [9.17, 15) is 0 Å². The molecule has 0 unspecified atom stereocenters. The Morgan fingerprint density at radius 3 is 2.60 bits per heavy atom. The minimum atomic E-state index is 0.133. The van der Waals surface area contributed by atoms with Crippen LogP contribution in [0.4, 0.5) is 0 Å². The lowest BCUT2D eigenvalue weighted by Gasteiger charge is -2.20. The van der Waals surface area contributed by atoms with Crippen molar-refractivity contribution in [3.05, 3.63) is 17.5 Å². The van der Waals surface area contributed by atoms with Gasteiger partial charge in [-0.05, 0) is 40.0 Å². The van der Waals surface area contributed by atoms with Crippen molar-refractivity contribution in [2.75, 3.05) is 13.2 Å². The molecule has 4 nitrogen and oxygen atoms in total. The normalized spacial score (nSPS) is 12.3. The largest absolute Gasteiger partial charge is 0.380 e. The fourth-order valence-electron chi connectivity index (χ4n) is 1.79. The van der Waals surface area contributed by atoms with Gasteiger partial charge in [0.15, 0.2) is 0 Å². The number of aryl methyl sites for hydroxylation is 1. The molecule has 0 saturated heterocycles. The predicted molar refractivity (Wildman–Crippen MR) is 83.8 cm³/mol. The van der Waals surface area contributed by atoms with Crippen molar-refractivity contribution < 1.29 is 4.74 Å². The van der Waals surface area contributed by atoms with E-state index in [1.165, 1.54) is 5.56 Å². The standard InChI is InChI=1S/C16H31N3O/c1-13(2)7-9-20-10-8-19-12-15(14(3)18-19)11-17-16(4,5)6/h12-13,17H,7-11H2,1-6H3. The number of ether oxygens (including phenoxy) is 1. The first kappa shape index (κ1) is 17.2. The van der Waals surface area contributed by atoms with Gasteiger partial charge in [0.1, 0.15) is 0 Å². The van der Waals surface area contributed by atoms with E-state index in [2.05, 4.69) is 58.2 Å². The number of hydrogen-bond donors (Lipinski definition) is 1. The Bertz CT molecular complexity index is 391. The van der Waals surface area contributed by atoms with Gasteiger partial charge in [0.05, 0.1) is 18.8 Å². The molecule has 0 aliphatic carbocycles. The SMILES string of the molecule is Cc1nn(CCOCCC(C)C)cc1CNC(C)(C)C. The van der Waals surface area contributed by atoms with Crippen molar-refractivity contribution in [1.29, 1.82) is 0 Å². The van der Waals surface area contributed by atoms with Crippen molar-refractivity contribution >= 4 is 0 Å². The number of rotatable bonds is 8. The Balaban J connectivity index is 2.33. The van der Waals surface area contributed by atoms with Gasteiger partial charge in [0.2, 0.25) is 0 Å². The Labute approximate surface area is 123 Å². The molecule has 0 bridgehead atoms. The van der Waals surface area contributed by atoms with Gasteiger partial charge >= 0.3 is 0 Å². The molecule has 0 radical (unpaired) electrons. The van der Waals surface area contributed by atoms with Crippen LogP contribution in [-0.2, 0) is 17.8 Å². The second-order valence-corrected chi connectivity index (χ2v) is 6.90. The molecule has 0 aromatic carbocycles. The minimum absolute atomic E-state index is 0.133. The minimum Gasteiger partial charge on any atom is -0.380 e. The second-order valence-electron chi connectivity index (χ2n) is 6.90. The fourth-order valence-corrected chi connectivity index (χ4v) is 1.79. The van der Waals surface area contributed by atoms with Crippen LogP contribution in [0, 0.1) is 12.8 Å². The van der Waals surface area contributed by atoms with Crippen molar-refractivity contribution in [2.24, 2.45) is 5.92 Å².